The molecular weight excluding hydrogens is 500 g/mol. The van der Waals surface area contributed by atoms with Crippen LogP contribution in [0, 0.1) is 19.7 Å². The van der Waals surface area contributed by atoms with Crippen LogP contribution in [0.2, 0.25) is 0 Å². The van der Waals surface area contributed by atoms with Crippen molar-refractivity contribution >= 4 is 29.9 Å². The van der Waals surface area contributed by atoms with Gasteiger partial charge in [-0.15, -0.1) is 24.0 Å². The number of hydrogen-bond donors (Lipinski definition) is 2. The summed E-state index contributed by atoms with van der Waals surface area (Å²) in [5, 5.41) is 6.39. The maximum Gasteiger partial charge on any atom is 0.219 e. The van der Waals surface area contributed by atoms with Crippen LogP contribution in [0.4, 0.5) is 4.39 Å². The summed E-state index contributed by atoms with van der Waals surface area (Å²) < 4.78 is 24.1. The van der Waals surface area contributed by atoms with Gasteiger partial charge in [0.15, 0.2) is 5.96 Å². The highest BCUT2D eigenvalue weighted by molar-refractivity contribution is 14.0. The van der Waals surface area contributed by atoms with Crippen LogP contribution < -0.4 is 15.4 Å². The van der Waals surface area contributed by atoms with E-state index in [9.17, 15) is 4.39 Å². The highest BCUT2D eigenvalue weighted by atomic mass is 127. The highest BCUT2D eigenvalue weighted by Crippen LogP contribution is 2.19. The molecule has 30 heavy (non-hydrogen) atoms. The van der Waals surface area contributed by atoms with Gasteiger partial charge in [-0.3, -0.25) is 0 Å². The first-order valence-corrected chi connectivity index (χ1v) is 9.37. The number of guanidine groups is 1. The number of nitrogens with one attached hydrogen (secondary N) is 2. The minimum absolute atomic E-state index is 0. The van der Waals surface area contributed by atoms with Crippen molar-refractivity contribution in [2.24, 2.45) is 4.99 Å². The molecule has 0 aliphatic heterocycles. The number of benzene rings is 1. The van der Waals surface area contributed by atoms with Gasteiger partial charge in [-0.05, 0) is 50.6 Å². The number of aliphatic imine (C=N–C) groups is 1. The second kappa shape index (κ2) is 11.5. The SMILES string of the molecule is CCNC(=NCc1ccc(Oc2ccc(F)cc2)nc1)NCc1nc(C)c(C)o1.I. The molecule has 0 atom stereocenters. The van der Waals surface area contributed by atoms with E-state index >= 15 is 0 Å². The molecule has 0 aliphatic rings. The maximum absolute atomic E-state index is 13.0. The number of halogens is 2. The van der Waals surface area contributed by atoms with Crippen molar-refractivity contribution in [1.29, 1.82) is 0 Å². The fourth-order valence-electron chi connectivity index (χ4n) is 2.47. The van der Waals surface area contributed by atoms with Crippen molar-refractivity contribution in [3.05, 3.63) is 71.3 Å². The average molecular weight is 525 g/mol. The Morgan fingerprint density at radius 1 is 1.13 bits per heavy atom. The third kappa shape index (κ3) is 6.97. The summed E-state index contributed by atoms with van der Waals surface area (Å²) in [6.07, 6.45) is 1.70. The van der Waals surface area contributed by atoms with Gasteiger partial charge in [0, 0.05) is 18.8 Å². The fraction of sp³-hybridized carbons (Fsp3) is 0.286. The molecule has 2 N–H and O–H groups in total. The lowest BCUT2D eigenvalue weighted by Gasteiger charge is -2.10. The first-order chi connectivity index (χ1) is 14.0. The Hall–Kier alpha value is -2.69. The molecule has 0 saturated heterocycles. The van der Waals surface area contributed by atoms with Crippen molar-refractivity contribution in [3.8, 4) is 11.6 Å². The van der Waals surface area contributed by atoms with Gasteiger partial charge in [0.25, 0.3) is 0 Å². The predicted molar refractivity (Wildman–Crippen MR) is 124 cm³/mol. The van der Waals surface area contributed by atoms with Gasteiger partial charge in [-0.1, -0.05) is 6.07 Å². The molecule has 2 aromatic heterocycles. The van der Waals surface area contributed by atoms with Crippen LogP contribution >= 0.6 is 24.0 Å². The molecule has 0 radical (unpaired) electrons. The quantitative estimate of drug-likeness (QED) is 0.269. The Morgan fingerprint density at radius 2 is 1.90 bits per heavy atom. The topological polar surface area (TPSA) is 84.6 Å². The molecule has 2 heterocycles. The summed E-state index contributed by atoms with van der Waals surface area (Å²) in [5.41, 5.74) is 1.81. The Balaban J connectivity index is 0.00000320. The Bertz CT molecular complexity index is 939. The van der Waals surface area contributed by atoms with Crippen molar-refractivity contribution < 1.29 is 13.5 Å². The molecule has 0 saturated carbocycles. The van der Waals surface area contributed by atoms with Crippen LogP contribution in [0.15, 0.2) is 52.0 Å². The standard InChI is InChI=1S/C21H24FN5O2.HI/c1-4-23-21(26-13-20-27-14(2)15(3)28-20)25-12-16-5-10-19(24-11-16)29-18-8-6-17(22)7-9-18;/h5-11H,4,12-13H2,1-3H3,(H2,23,25,26);1H. The van der Waals surface area contributed by atoms with Gasteiger partial charge in [0.05, 0.1) is 18.8 Å². The fourth-order valence-corrected chi connectivity index (χ4v) is 2.47. The third-order valence-corrected chi connectivity index (χ3v) is 4.08. The van der Waals surface area contributed by atoms with Crippen LogP contribution in [0.3, 0.4) is 0 Å². The molecular formula is C21H25FIN5O2. The minimum atomic E-state index is -0.309. The van der Waals surface area contributed by atoms with Gasteiger partial charge in [0.1, 0.15) is 17.3 Å². The first-order valence-electron chi connectivity index (χ1n) is 9.37. The van der Waals surface area contributed by atoms with Crippen LogP contribution in [-0.4, -0.2) is 22.5 Å². The normalized spacial score (nSPS) is 11.0. The van der Waals surface area contributed by atoms with Crippen LogP contribution in [0.25, 0.3) is 0 Å². The molecule has 3 aromatic rings. The molecule has 0 fully saturated rings. The van der Waals surface area contributed by atoms with Gasteiger partial charge < -0.3 is 19.8 Å². The van der Waals surface area contributed by atoms with Crippen molar-refractivity contribution in [2.45, 2.75) is 33.9 Å². The second-order valence-electron chi connectivity index (χ2n) is 6.36. The molecule has 0 amide bonds. The summed E-state index contributed by atoms with van der Waals surface area (Å²) >= 11 is 0. The lowest BCUT2D eigenvalue weighted by molar-refractivity contribution is 0.460. The number of aryl methyl sites for hydroxylation is 2. The van der Waals surface area contributed by atoms with E-state index in [0.717, 1.165) is 23.6 Å². The smallest absolute Gasteiger partial charge is 0.219 e. The van der Waals surface area contributed by atoms with E-state index in [-0.39, 0.29) is 29.8 Å². The Labute approximate surface area is 192 Å². The van der Waals surface area contributed by atoms with Crippen LogP contribution in [-0.2, 0) is 13.1 Å². The summed E-state index contributed by atoms with van der Waals surface area (Å²) in [4.78, 5) is 13.2. The van der Waals surface area contributed by atoms with Gasteiger partial charge in [-0.25, -0.2) is 19.4 Å². The Morgan fingerprint density at radius 3 is 2.50 bits per heavy atom. The molecule has 0 bridgehead atoms. The first kappa shape index (κ1) is 23.6. The van der Waals surface area contributed by atoms with Crippen LogP contribution in [0.1, 0.15) is 29.8 Å². The number of oxazole rings is 1. The predicted octanol–water partition coefficient (Wildman–Crippen LogP) is 4.49. The maximum atomic E-state index is 13.0. The lowest BCUT2D eigenvalue weighted by atomic mass is 10.3. The third-order valence-electron chi connectivity index (χ3n) is 4.08. The Kier molecular flexibility index (Phi) is 9.03. The van der Waals surface area contributed by atoms with Gasteiger partial charge >= 0.3 is 0 Å². The molecule has 9 heteroatoms. The van der Waals surface area contributed by atoms with Gasteiger partial charge in [-0.2, -0.15) is 0 Å². The minimum Gasteiger partial charge on any atom is -0.444 e. The van der Waals surface area contributed by atoms with E-state index in [1.807, 2.05) is 26.8 Å². The molecule has 1 aromatic carbocycles. The zero-order valence-electron chi connectivity index (χ0n) is 17.1. The number of hydrogen-bond acceptors (Lipinski definition) is 5. The average Bonchev–Trinajstić information content (AvgIpc) is 3.04. The van der Waals surface area contributed by atoms with Crippen LogP contribution in [0.5, 0.6) is 11.6 Å². The summed E-state index contributed by atoms with van der Waals surface area (Å²) in [5.74, 6) is 2.75. The molecule has 3 rings (SSSR count). The number of ether oxygens (including phenoxy) is 1. The van der Waals surface area contributed by atoms with E-state index in [1.165, 1.54) is 12.1 Å². The number of pyridine rings is 1. The van der Waals surface area contributed by atoms with E-state index in [2.05, 4.69) is 25.6 Å². The van der Waals surface area contributed by atoms with Gasteiger partial charge in [0.2, 0.25) is 11.8 Å². The largest absolute Gasteiger partial charge is 0.444 e. The molecule has 0 aliphatic carbocycles. The van der Waals surface area contributed by atoms with E-state index in [1.54, 1.807) is 24.4 Å². The number of nitrogens with zero attached hydrogens (tertiary/aromatic N) is 3. The molecule has 0 spiro atoms. The highest BCUT2D eigenvalue weighted by Gasteiger charge is 2.06. The summed E-state index contributed by atoms with van der Waals surface area (Å²) in [7, 11) is 0. The molecule has 0 unspecified atom stereocenters. The van der Waals surface area contributed by atoms with E-state index < -0.39 is 0 Å². The summed E-state index contributed by atoms with van der Waals surface area (Å²) in [6, 6.07) is 9.44. The summed E-state index contributed by atoms with van der Waals surface area (Å²) in [6.45, 7) is 7.43. The van der Waals surface area contributed by atoms with Crippen molar-refractivity contribution in [3.63, 3.8) is 0 Å². The monoisotopic (exact) mass is 525 g/mol. The van der Waals surface area contributed by atoms with Crippen molar-refractivity contribution in [2.75, 3.05) is 6.54 Å². The zero-order valence-corrected chi connectivity index (χ0v) is 19.4. The van der Waals surface area contributed by atoms with Crippen molar-refractivity contribution in [1.82, 2.24) is 20.6 Å². The number of aromatic nitrogens is 2. The van der Waals surface area contributed by atoms with E-state index in [4.69, 9.17) is 9.15 Å². The lowest BCUT2D eigenvalue weighted by Crippen LogP contribution is -2.36. The second-order valence-corrected chi connectivity index (χ2v) is 6.36. The number of rotatable bonds is 7. The zero-order chi connectivity index (χ0) is 20.6. The molecule has 7 nitrogen and oxygen atoms in total. The van der Waals surface area contributed by atoms with E-state index in [0.29, 0.717) is 36.6 Å². The molecule has 160 valence electrons.